The number of aromatic carboxylic acids is 1. The molecule has 0 aliphatic heterocycles. The molecule has 0 atom stereocenters. The second kappa shape index (κ2) is 8.38. The van der Waals surface area contributed by atoms with Crippen molar-refractivity contribution >= 4 is 11.9 Å². The highest BCUT2D eigenvalue weighted by Gasteiger charge is 2.23. The second-order valence-corrected chi connectivity index (χ2v) is 7.73. The Labute approximate surface area is 161 Å². The molecule has 0 unspecified atom stereocenters. The largest absolute Gasteiger partial charge is 0.478 e. The number of hydrogen-bond donors (Lipinski definition) is 1. The van der Waals surface area contributed by atoms with Crippen molar-refractivity contribution in [3.05, 3.63) is 64.2 Å². The van der Waals surface area contributed by atoms with Crippen LogP contribution < -0.4 is 4.74 Å². The molecule has 0 amide bonds. The first-order valence-electron chi connectivity index (χ1n) is 9.35. The maximum atomic E-state index is 12.8. The fraction of sp³-hybridized carbons (Fsp3) is 0.391. The SMILES string of the molecule is CC(C)c1cc(C(C)C)c(OC(=O)c2ccccc2C(=O)O)c(C(C)C)c1. The van der Waals surface area contributed by atoms with Gasteiger partial charge in [0.1, 0.15) is 5.75 Å². The van der Waals surface area contributed by atoms with Crippen molar-refractivity contribution in [1.29, 1.82) is 0 Å². The molecule has 0 saturated heterocycles. The highest BCUT2D eigenvalue weighted by atomic mass is 16.5. The van der Waals surface area contributed by atoms with E-state index in [2.05, 4.69) is 53.7 Å². The standard InChI is InChI=1S/C23H28O4/c1-13(2)16-11-19(14(3)4)21(20(12-16)15(5)6)27-23(26)18-10-8-7-9-17(18)22(24)25/h7-15H,1-6H3,(H,24,25). The zero-order valence-corrected chi connectivity index (χ0v) is 16.9. The molecule has 2 rings (SSSR count). The molecule has 0 aliphatic carbocycles. The van der Waals surface area contributed by atoms with Gasteiger partial charge in [0.05, 0.1) is 11.1 Å². The number of esters is 1. The average Bonchev–Trinajstić information content (AvgIpc) is 2.60. The molecule has 27 heavy (non-hydrogen) atoms. The van der Waals surface area contributed by atoms with E-state index in [1.807, 2.05) is 0 Å². The number of carbonyl (C=O) groups is 2. The van der Waals surface area contributed by atoms with Gasteiger partial charge in [-0.25, -0.2) is 9.59 Å². The molecule has 0 bridgehead atoms. The number of carboxylic acids is 1. The van der Waals surface area contributed by atoms with Gasteiger partial charge in [-0.15, -0.1) is 0 Å². The highest BCUT2D eigenvalue weighted by Crippen LogP contribution is 2.38. The van der Waals surface area contributed by atoms with Crippen molar-refractivity contribution in [3.63, 3.8) is 0 Å². The minimum absolute atomic E-state index is 0.0569. The van der Waals surface area contributed by atoms with Crippen LogP contribution in [0.25, 0.3) is 0 Å². The summed E-state index contributed by atoms with van der Waals surface area (Å²) in [5.74, 6) is -0.551. The van der Waals surface area contributed by atoms with Gasteiger partial charge in [-0.1, -0.05) is 65.8 Å². The summed E-state index contributed by atoms with van der Waals surface area (Å²) in [5, 5.41) is 9.36. The number of carbonyl (C=O) groups excluding carboxylic acids is 1. The number of carboxylic acid groups (broad SMARTS) is 1. The molecule has 0 heterocycles. The number of ether oxygens (including phenoxy) is 1. The van der Waals surface area contributed by atoms with Gasteiger partial charge in [0.15, 0.2) is 0 Å². The zero-order chi connectivity index (χ0) is 20.3. The third-order valence-electron chi connectivity index (χ3n) is 4.65. The van der Waals surface area contributed by atoms with Crippen LogP contribution in [0.3, 0.4) is 0 Å². The Balaban J connectivity index is 2.58. The van der Waals surface area contributed by atoms with Gasteiger partial charge >= 0.3 is 11.9 Å². The van der Waals surface area contributed by atoms with Crippen molar-refractivity contribution in [2.75, 3.05) is 0 Å². The smallest absolute Gasteiger partial charge is 0.344 e. The van der Waals surface area contributed by atoms with Gasteiger partial charge in [-0.3, -0.25) is 0 Å². The van der Waals surface area contributed by atoms with E-state index in [0.29, 0.717) is 11.7 Å². The zero-order valence-electron chi connectivity index (χ0n) is 16.9. The van der Waals surface area contributed by atoms with Crippen LogP contribution in [-0.4, -0.2) is 17.0 Å². The van der Waals surface area contributed by atoms with E-state index in [1.54, 1.807) is 12.1 Å². The van der Waals surface area contributed by atoms with E-state index < -0.39 is 11.9 Å². The van der Waals surface area contributed by atoms with E-state index >= 15 is 0 Å². The van der Waals surface area contributed by atoms with E-state index in [1.165, 1.54) is 17.7 Å². The predicted octanol–water partition coefficient (Wildman–Crippen LogP) is 5.97. The first-order chi connectivity index (χ1) is 12.6. The maximum absolute atomic E-state index is 12.8. The Morgan fingerprint density at radius 3 is 1.70 bits per heavy atom. The van der Waals surface area contributed by atoms with Gasteiger partial charge < -0.3 is 9.84 Å². The Hall–Kier alpha value is -2.62. The van der Waals surface area contributed by atoms with Gasteiger partial charge in [0.2, 0.25) is 0 Å². The van der Waals surface area contributed by atoms with Gasteiger partial charge in [0, 0.05) is 0 Å². The molecule has 0 fully saturated rings. The molecule has 2 aromatic carbocycles. The summed E-state index contributed by atoms with van der Waals surface area (Å²) < 4.78 is 5.81. The lowest BCUT2D eigenvalue weighted by Gasteiger charge is -2.22. The molecule has 4 nitrogen and oxygen atoms in total. The quantitative estimate of drug-likeness (QED) is 0.503. The van der Waals surface area contributed by atoms with Crippen LogP contribution in [0.2, 0.25) is 0 Å². The third-order valence-corrected chi connectivity index (χ3v) is 4.65. The summed E-state index contributed by atoms with van der Waals surface area (Å²) in [6.45, 7) is 12.5. The van der Waals surface area contributed by atoms with Crippen molar-refractivity contribution in [3.8, 4) is 5.75 Å². The highest BCUT2D eigenvalue weighted by molar-refractivity contribution is 6.03. The minimum Gasteiger partial charge on any atom is -0.478 e. The summed E-state index contributed by atoms with van der Waals surface area (Å²) in [7, 11) is 0. The van der Waals surface area contributed by atoms with Crippen molar-refractivity contribution in [2.45, 2.75) is 59.3 Å². The summed E-state index contributed by atoms with van der Waals surface area (Å²) in [5.41, 5.74) is 3.13. The fourth-order valence-electron chi connectivity index (χ4n) is 3.00. The lowest BCUT2D eigenvalue weighted by Crippen LogP contribution is -2.16. The Morgan fingerprint density at radius 1 is 0.815 bits per heavy atom. The maximum Gasteiger partial charge on any atom is 0.344 e. The van der Waals surface area contributed by atoms with Crippen LogP contribution >= 0.6 is 0 Å². The molecule has 4 heteroatoms. The molecule has 0 aliphatic rings. The van der Waals surface area contributed by atoms with Crippen LogP contribution in [0.4, 0.5) is 0 Å². The van der Waals surface area contributed by atoms with Gasteiger partial charge in [0.25, 0.3) is 0 Å². The predicted molar refractivity (Wildman–Crippen MR) is 107 cm³/mol. The normalized spacial score (nSPS) is 11.3. The van der Waals surface area contributed by atoms with Crippen LogP contribution in [0, 0.1) is 0 Å². The average molecular weight is 368 g/mol. The molecule has 0 spiro atoms. The summed E-state index contributed by atoms with van der Waals surface area (Å²) in [4.78, 5) is 24.3. The lowest BCUT2D eigenvalue weighted by molar-refractivity contribution is 0.0666. The Kier molecular flexibility index (Phi) is 6.42. The second-order valence-electron chi connectivity index (χ2n) is 7.73. The molecular weight excluding hydrogens is 340 g/mol. The molecule has 0 radical (unpaired) electrons. The van der Waals surface area contributed by atoms with Gasteiger partial charge in [-0.2, -0.15) is 0 Å². The van der Waals surface area contributed by atoms with E-state index in [9.17, 15) is 14.7 Å². The molecule has 0 aromatic heterocycles. The fourth-order valence-corrected chi connectivity index (χ4v) is 3.00. The molecule has 1 N–H and O–H groups in total. The third kappa shape index (κ3) is 4.57. The van der Waals surface area contributed by atoms with Crippen molar-refractivity contribution in [2.24, 2.45) is 0 Å². The summed E-state index contributed by atoms with van der Waals surface area (Å²) in [6, 6.07) is 10.3. The molecule has 2 aromatic rings. The lowest BCUT2D eigenvalue weighted by atomic mass is 9.88. The van der Waals surface area contributed by atoms with Crippen LogP contribution in [0.5, 0.6) is 5.75 Å². The van der Waals surface area contributed by atoms with E-state index in [4.69, 9.17) is 4.74 Å². The summed E-state index contributed by atoms with van der Waals surface area (Å²) >= 11 is 0. The number of rotatable bonds is 6. The number of benzene rings is 2. The van der Waals surface area contributed by atoms with E-state index in [0.717, 1.165) is 11.1 Å². The first-order valence-corrected chi connectivity index (χ1v) is 9.35. The van der Waals surface area contributed by atoms with Crippen LogP contribution in [-0.2, 0) is 0 Å². The van der Waals surface area contributed by atoms with E-state index in [-0.39, 0.29) is 23.0 Å². The molecule has 144 valence electrons. The minimum atomic E-state index is -1.15. The van der Waals surface area contributed by atoms with Crippen LogP contribution in [0.15, 0.2) is 36.4 Å². The summed E-state index contributed by atoms with van der Waals surface area (Å²) in [6.07, 6.45) is 0. The number of hydrogen-bond acceptors (Lipinski definition) is 3. The van der Waals surface area contributed by atoms with Crippen LogP contribution in [0.1, 0.15) is 96.7 Å². The molecule has 0 saturated carbocycles. The monoisotopic (exact) mass is 368 g/mol. The first kappa shape index (κ1) is 20.7. The molecular formula is C23H28O4. The Morgan fingerprint density at radius 2 is 1.30 bits per heavy atom. The van der Waals surface area contributed by atoms with Gasteiger partial charge in [-0.05, 0) is 46.6 Å². The van der Waals surface area contributed by atoms with Crippen molar-refractivity contribution in [1.82, 2.24) is 0 Å². The topological polar surface area (TPSA) is 63.6 Å². The van der Waals surface area contributed by atoms with Crippen molar-refractivity contribution < 1.29 is 19.4 Å². The Bertz CT molecular complexity index is 818.